The molecule has 2 atom stereocenters. The Hall–Kier alpha value is -0.0800. The molecule has 1 rings (SSSR count). The third-order valence-electron chi connectivity index (χ3n) is 1.61. The monoisotopic (exact) mass is 101 g/mol. The molecule has 0 saturated heterocycles. The van der Waals surface area contributed by atoms with Crippen molar-refractivity contribution < 1.29 is 5.11 Å². The maximum Gasteiger partial charge on any atom is 0.0462 e. The number of rotatable bonds is 2. The van der Waals surface area contributed by atoms with Crippen LogP contribution in [0.4, 0.5) is 0 Å². The highest BCUT2D eigenvalue weighted by atomic mass is 16.3. The summed E-state index contributed by atoms with van der Waals surface area (Å²) in [5, 5.41) is 8.45. The first-order valence-electron chi connectivity index (χ1n) is 2.69. The van der Waals surface area contributed by atoms with Crippen LogP contribution in [-0.2, 0) is 0 Å². The molecule has 0 aliphatic heterocycles. The minimum Gasteiger partial charge on any atom is -0.396 e. The lowest BCUT2D eigenvalue weighted by atomic mass is 10.3. The van der Waals surface area contributed by atoms with Crippen molar-refractivity contribution in [2.45, 2.75) is 6.42 Å². The van der Waals surface area contributed by atoms with E-state index in [2.05, 4.69) is 0 Å². The summed E-state index contributed by atoms with van der Waals surface area (Å²) in [5.41, 5.74) is 5.29. The molecule has 0 heterocycles. The molecule has 0 spiro atoms. The van der Waals surface area contributed by atoms with Crippen LogP contribution in [0.5, 0.6) is 0 Å². The maximum absolute atomic E-state index is 8.45. The molecule has 42 valence electrons. The molecule has 0 aromatic rings. The zero-order valence-corrected chi connectivity index (χ0v) is 4.30. The molecule has 1 aliphatic rings. The van der Waals surface area contributed by atoms with Crippen LogP contribution in [0.1, 0.15) is 6.42 Å². The van der Waals surface area contributed by atoms with Gasteiger partial charge in [-0.3, -0.25) is 0 Å². The Labute approximate surface area is 43.3 Å². The quantitative estimate of drug-likeness (QED) is 0.496. The fourth-order valence-corrected chi connectivity index (χ4v) is 0.823. The third kappa shape index (κ3) is 0.924. The van der Waals surface area contributed by atoms with E-state index in [0.29, 0.717) is 18.4 Å². The molecule has 0 bridgehead atoms. The first-order chi connectivity index (χ1) is 3.38. The van der Waals surface area contributed by atoms with Crippen molar-refractivity contribution in [1.82, 2.24) is 0 Å². The zero-order valence-electron chi connectivity index (χ0n) is 4.30. The van der Waals surface area contributed by atoms with E-state index in [4.69, 9.17) is 10.8 Å². The highest BCUT2D eigenvalue weighted by Crippen LogP contribution is 2.36. The van der Waals surface area contributed by atoms with Gasteiger partial charge in [-0.25, -0.2) is 0 Å². The highest BCUT2D eigenvalue weighted by molar-refractivity contribution is 4.85. The lowest BCUT2D eigenvalue weighted by Crippen LogP contribution is -2.03. The van der Waals surface area contributed by atoms with Gasteiger partial charge in [0.1, 0.15) is 0 Å². The number of hydrogen-bond donors (Lipinski definition) is 2. The molecule has 7 heavy (non-hydrogen) atoms. The molecule has 0 aromatic heterocycles. The Morgan fingerprint density at radius 1 is 1.57 bits per heavy atom. The first kappa shape index (κ1) is 5.06. The molecule has 0 aromatic carbocycles. The van der Waals surface area contributed by atoms with Gasteiger partial charge >= 0.3 is 0 Å². The SMILES string of the molecule is NC[C@@H]1C[C@H]1CO. The molecule has 2 heteroatoms. The fourth-order valence-electron chi connectivity index (χ4n) is 0.823. The second kappa shape index (κ2) is 1.80. The molecule has 0 unspecified atom stereocenters. The van der Waals surface area contributed by atoms with E-state index in [-0.39, 0.29) is 0 Å². The Kier molecular flexibility index (Phi) is 1.30. The highest BCUT2D eigenvalue weighted by Gasteiger charge is 2.34. The van der Waals surface area contributed by atoms with E-state index in [1.807, 2.05) is 0 Å². The lowest BCUT2D eigenvalue weighted by molar-refractivity contribution is 0.269. The number of hydrogen-bond acceptors (Lipinski definition) is 2. The molecular formula is C5H11NO. The van der Waals surface area contributed by atoms with Crippen LogP contribution < -0.4 is 5.73 Å². The summed E-state index contributed by atoms with van der Waals surface area (Å²) in [6.07, 6.45) is 1.15. The van der Waals surface area contributed by atoms with Gasteiger partial charge in [0.2, 0.25) is 0 Å². The van der Waals surface area contributed by atoms with Crippen molar-refractivity contribution in [3.63, 3.8) is 0 Å². The number of aliphatic hydroxyl groups is 1. The molecule has 0 radical (unpaired) electrons. The summed E-state index contributed by atoms with van der Waals surface area (Å²) in [6, 6.07) is 0. The van der Waals surface area contributed by atoms with Crippen molar-refractivity contribution >= 4 is 0 Å². The predicted octanol–water partition coefficient (Wildman–Crippen LogP) is -0.426. The number of aliphatic hydroxyl groups excluding tert-OH is 1. The summed E-state index contributed by atoms with van der Waals surface area (Å²) >= 11 is 0. The van der Waals surface area contributed by atoms with Crippen molar-refractivity contribution in [1.29, 1.82) is 0 Å². The third-order valence-corrected chi connectivity index (χ3v) is 1.61. The zero-order chi connectivity index (χ0) is 5.28. The van der Waals surface area contributed by atoms with Gasteiger partial charge < -0.3 is 10.8 Å². The fraction of sp³-hybridized carbons (Fsp3) is 1.00. The molecule has 1 saturated carbocycles. The summed E-state index contributed by atoms with van der Waals surface area (Å²) in [5.74, 6) is 1.19. The van der Waals surface area contributed by atoms with Crippen LogP contribution in [0.25, 0.3) is 0 Å². The number of nitrogens with two attached hydrogens (primary N) is 1. The molecule has 3 N–H and O–H groups in total. The maximum atomic E-state index is 8.45. The average Bonchev–Trinajstić information content (AvgIpc) is 2.43. The lowest BCUT2D eigenvalue weighted by Gasteiger charge is -1.85. The topological polar surface area (TPSA) is 46.2 Å². The van der Waals surface area contributed by atoms with Crippen LogP contribution in [-0.4, -0.2) is 18.3 Å². The van der Waals surface area contributed by atoms with Crippen LogP contribution in [0.15, 0.2) is 0 Å². The minimum atomic E-state index is 0.335. The van der Waals surface area contributed by atoms with Crippen LogP contribution in [0.2, 0.25) is 0 Å². The Morgan fingerprint density at radius 2 is 2.29 bits per heavy atom. The van der Waals surface area contributed by atoms with Gasteiger partial charge in [-0.1, -0.05) is 0 Å². The molecule has 1 aliphatic carbocycles. The molecular weight excluding hydrogens is 90.1 g/mol. The van der Waals surface area contributed by atoms with Gasteiger partial charge in [0, 0.05) is 6.61 Å². The van der Waals surface area contributed by atoms with E-state index in [0.717, 1.165) is 13.0 Å². The van der Waals surface area contributed by atoms with Gasteiger partial charge in [-0.05, 0) is 24.8 Å². The van der Waals surface area contributed by atoms with E-state index in [9.17, 15) is 0 Å². The Balaban J connectivity index is 2.06. The Bertz CT molecular complexity index is 57.1. The molecule has 2 nitrogen and oxygen atoms in total. The predicted molar refractivity (Wildman–Crippen MR) is 27.7 cm³/mol. The van der Waals surface area contributed by atoms with E-state index in [1.54, 1.807) is 0 Å². The largest absolute Gasteiger partial charge is 0.396 e. The Morgan fingerprint density at radius 3 is 2.43 bits per heavy atom. The average molecular weight is 101 g/mol. The second-order valence-corrected chi connectivity index (χ2v) is 2.17. The van der Waals surface area contributed by atoms with E-state index >= 15 is 0 Å². The van der Waals surface area contributed by atoms with Crippen LogP contribution in [0, 0.1) is 11.8 Å². The van der Waals surface area contributed by atoms with Crippen molar-refractivity contribution in [3.05, 3.63) is 0 Å². The summed E-state index contributed by atoms with van der Waals surface area (Å²) in [6.45, 7) is 1.09. The van der Waals surface area contributed by atoms with Crippen molar-refractivity contribution in [2.75, 3.05) is 13.2 Å². The second-order valence-electron chi connectivity index (χ2n) is 2.17. The normalized spacial score (nSPS) is 38.6. The van der Waals surface area contributed by atoms with E-state index < -0.39 is 0 Å². The standard InChI is InChI=1S/C5H11NO/c6-2-4-1-5(4)3-7/h4-5,7H,1-3,6H2/t4-,5-/m0/s1. The van der Waals surface area contributed by atoms with Gasteiger partial charge in [0.25, 0.3) is 0 Å². The van der Waals surface area contributed by atoms with Gasteiger partial charge in [-0.2, -0.15) is 0 Å². The van der Waals surface area contributed by atoms with E-state index in [1.165, 1.54) is 0 Å². The van der Waals surface area contributed by atoms with Gasteiger partial charge in [0.05, 0.1) is 0 Å². The molecule has 0 amide bonds. The van der Waals surface area contributed by atoms with Gasteiger partial charge in [0.15, 0.2) is 0 Å². The van der Waals surface area contributed by atoms with Crippen LogP contribution >= 0.6 is 0 Å². The summed E-state index contributed by atoms with van der Waals surface area (Å²) < 4.78 is 0. The molecule has 1 fully saturated rings. The van der Waals surface area contributed by atoms with Gasteiger partial charge in [-0.15, -0.1) is 0 Å². The first-order valence-corrected chi connectivity index (χ1v) is 2.69. The summed E-state index contributed by atoms with van der Waals surface area (Å²) in [4.78, 5) is 0. The smallest absolute Gasteiger partial charge is 0.0462 e. The van der Waals surface area contributed by atoms with Crippen molar-refractivity contribution in [3.8, 4) is 0 Å². The minimum absolute atomic E-state index is 0.335. The van der Waals surface area contributed by atoms with Crippen molar-refractivity contribution in [2.24, 2.45) is 17.6 Å². The van der Waals surface area contributed by atoms with Crippen LogP contribution in [0.3, 0.4) is 0 Å². The summed E-state index contributed by atoms with van der Waals surface area (Å²) in [7, 11) is 0.